The molecule has 0 aliphatic rings. The molecule has 0 radical (unpaired) electrons. The lowest BCUT2D eigenvalue weighted by Crippen LogP contribution is -2.18. The van der Waals surface area contributed by atoms with Crippen molar-refractivity contribution < 1.29 is 5.11 Å². The molecular formula is C2H6Cl3NO. The van der Waals surface area contributed by atoms with Gasteiger partial charge in [0, 0.05) is 0 Å². The molecule has 0 bridgehead atoms. The maximum absolute atomic E-state index is 7.96. The Morgan fingerprint density at radius 1 is 1.57 bits per heavy atom. The molecular weight excluding hydrogens is 160 g/mol. The highest BCUT2D eigenvalue weighted by Crippen LogP contribution is 1.92. The molecule has 46 valence electrons. The Labute approximate surface area is 58.2 Å². The fourth-order valence-corrected chi connectivity index (χ4v) is 0.207. The lowest BCUT2D eigenvalue weighted by atomic mass is 11.2. The number of rotatable bonds is 2. The van der Waals surface area contributed by atoms with E-state index in [2.05, 4.69) is 5.32 Å². The molecule has 0 unspecified atom stereocenters. The summed E-state index contributed by atoms with van der Waals surface area (Å²) < 4.78 is 0. The Bertz CT molecular complexity index is 34.1. The maximum Gasteiger partial charge on any atom is 0.159 e. The van der Waals surface area contributed by atoms with Crippen molar-refractivity contribution in [3.05, 3.63) is 0 Å². The third-order valence-corrected chi connectivity index (χ3v) is 0.554. The van der Waals surface area contributed by atoms with E-state index in [4.69, 9.17) is 28.3 Å². The van der Waals surface area contributed by atoms with Crippen molar-refractivity contribution in [1.82, 2.24) is 5.32 Å². The third-order valence-electron chi connectivity index (χ3n) is 0.246. The molecule has 2 N–H and O–H groups in total. The number of aliphatic hydroxyl groups is 1. The van der Waals surface area contributed by atoms with Crippen LogP contribution in [0.1, 0.15) is 0 Å². The molecule has 0 saturated heterocycles. The zero-order valence-electron chi connectivity index (χ0n) is 3.40. The van der Waals surface area contributed by atoms with E-state index >= 15 is 0 Å². The Balaban J connectivity index is 0. The summed E-state index contributed by atoms with van der Waals surface area (Å²) in [6.45, 7) is -0.183. The summed E-state index contributed by atoms with van der Waals surface area (Å²) in [6, 6.07) is 0. The molecule has 2 nitrogen and oxygen atoms in total. The first kappa shape index (κ1) is 10.7. The van der Waals surface area contributed by atoms with Gasteiger partial charge in [0.25, 0.3) is 0 Å². The number of aliphatic hydroxyl groups excluding tert-OH is 1. The minimum absolute atomic E-state index is 0. The highest BCUT2D eigenvalue weighted by Gasteiger charge is 1.89. The molecule has 0 aromatic rings. The van der Waals surface area contributed by atoms with Gasteiger partial charge in [-0.2, -0.15) is 0 Å². The fraction of sp³-hybridized carbons (Fsp3) is 1.00. The number of nitrogens with one attached hydrogen (secondary N) is 1. The van der Waals surface area contributed by atoms with Crippen LogP contribution in [0.15, 0.2) is 0 Å². The Hall–Kier alpha value is 0.790. The first-order valence-corrected chi connectivity index (χ1v) is 2.27. The molecule has 0 rings (SSSR count). The van der Waals surface area contributed by atoms with Crippen LogP contribution < -0.4 is 5.32 Å². The van der Waals surface area contributed by atoms with Crippen molar-refractivity contribution in [2.75, 3.05) is 6.73 Å². The van der Waals surface area contributed by atoms with Gasteiger partial charge >= 0.3 is 0 Å². The van der Waals surface area contributed by atoms with Crippen molar-refractivity contribution in [3.8, 4) is 0 Å². The van der Waals surface area contributed by atoms with Crippen molar-refractivity contribution >= 4 is 35.6 Å². The van der Waals surface area contributed by atoms with E-state index in [9.17, 15) is 0 Å². The predicted molar refractivity (Wildman–Crippen MR) is 33.0 cm³/mol. The van der Waals surface area contributed by atoms with E-state index in [1.807, 2.05) is 0 Å². The lowest BCUT2D eigenvalue weighted by Gasteiger charge is -1.95. The predicted octanol–water partition coefficient (Wildman–Crippen LogP) is 0.709. The van der Waals surface area contributed by atoms with Gasteiger partial charge in [-0.05, 0) is 0 Å². The lowest BCUT2D eigenvalue weighted by molar-refractivity contribution is 0.266. The zero-order valence-corrected chi connectivity index (χ0v) is 5.72. The summed E-state index contributed by atoms with van der Waals surface area (Å²) in [5.41, 5.74) is 0. The van der Waals surface area contributed by atoms with Crippen LogP contribution in [0.5, 0.6) is 0 Å². The van der Waals surface area contributed by atoms with Crippen molar-refractivity contribution in [3.63, 3.8) is 0 Å². The molecule has 0 fully saturated rings. The second-order valence-corrected chi connectivity index (χ2v) is 1.76. The van der Waals surface area contributed by atoms with E-state index in [1.54, 1.807) is 0 Å². The number of hydrogen-bond acceptors (Lipinski definition) is 2. The number of halogens is 3. The summed E-state index contributed by atoms with van der Waals surface area (Å²) >= 11 is 10.1. The molecule has 0 saturated carbocycles. The first-order chi connectivity index (χ1) is 2.77. The molecule has 0 aliphatic carbocycles. The SMILES string of the molecule is Cl.OCNC(Cl)Cl. The zero-order chi connectivity index (χ0) is 4.99. The summed E-state index contributed by atoms with van der Waals surface area (Å²) in [5.74, 6) is 0. The Kier molecular flexibility index (Phi) is 10.4. The van der Waals surface area contributed by atoms with Crippen LogP contribution in [0, 0.1) is 0 Å². The summed E-state index contributed by atoms with van der Waals surface area (Å²) in [7, 11) is 0. The number of alkyl halides is 2. The highest BCUT2D eigenvalue weighted by atomic mass is 35.5. The van der Waals surface area contributed by atoms with Gasteiger partial charge in [-0.25, -0.2) is 0 Å². The number of hydrogen-bond donors (Lipinski definition) is 2. The molecule has 0 aliphatic heterocycles. The first-order valence-electron chi connectivity index (χ1n) is 1.39. The van der Waals surface area contributed by atoms with E-state index in [-0.39, 0.29) is 19.1 Å². The van der Waals surface area contributed by atoms with Crippen molar-refractivity contribution in [2.24, 2.45) is 0 Å². The van der Waals surface area contributed by atoms with Gasteiger partial charge in [-0.15, -0.1) is 12.4 Å². The normalized spacial score (nSPS) is 8.57. The summed E-state index contributed by atoms with van der Waals surface area (Å²) in [6.07, 6.45) is 0. The van der Waals surface area contributed by atoms with Crippen LogP contribution >= 0.6 is 35.6 Å². The standard InChI is InChI=1S/C2H5Cl2NO.ClH/c3-2(4)5-1-6;/h2,5-6H,1H2;1H. The van der Waals surface area contributed by atoms with Gasteiger partial charge < -0.3 is 5.11 Å². The van der Waals surface area contributed by atoms with Crippen LogP contribution in [-0.4, -0.2) is 16.8 Å². The van der Waals surface area contributed by atoms with E-state index in [1.165, 1.54) is 0 Å². The van der Waals surface area contributed by atoms with Gasteiger partial charge in [0.15, 0.2) is 4.96 Å². The van der Waals surface area contributed by atoms with E-state index < -0.39 is 4.96 Å². The van der Waals surface area contributed by atoms with Crippen molar-refractivity contribution in [2.45, 2.75) is 4.96 Å². The van der Waals surface area contributed by atoms with Crippen LogP contribution in [0.4, 0.5) is 0 Å². The molecule has 0 spiro atoms. The van der Waals surface area contributed by atoms with Gasteiger partial charge in [-0.3, -0.25) is 5.32 Å². The Morgan fingerprint density at radius 2 is 2.00 bits per heavy atom. The van der Waals surface area contributed by atoms with Crippen LogP contribution in [0.3, 0.4) is 0 Å². The minimum atomic E-state index is -0.657. The molecule has 0 aromatic heterocycles. The van der Waals surface area contributed by atoms with Crippen LogP contribution in [-0.2, 0) is 0 Å². The largest absolute Gasteiger partial charge is 0.381 e. The van der Waals surface area contributed by atoms with E-state index in [0.717, 1.165) is 0 Å². The van der Waals surface area contributed by atoms with Gasteiger partial charge in [0.1, 0.15) is 0 Å². The quantitative estimate of drug-likeness (QED) is 0.360. The molecule has 0 aromatic carbocycles. The average molecular weight is 166 g/mol. The monoisotopic (exact) mass is 165 g/mol. The summed E-state index contributed by atoms with van der Waals surface area (Å²) in [4.78, 5) is -0.657. The summed E-state index contributed by atoms with van der Waals surface area (Å²) in [5, 5.41) is 10.3. The van der Waals surface area contributed by atoms with Crippen LogP contribution in [0.25, 0.3) is 0 Å². The molecule has 0 amide bonds. The van der Waals surface area contributed by atoms with Gasteiger partial charge in [0.2, 0.25) is 0 Å². The molecule has 0 atom stereocenters. The third kappa shape index (κ3) is 10.8. The van der Waals surface area contributed by atoms with Crippen molar-refractivity contribution in [1.29, 1.82) is 0 Å². The van der Waals surface area contributed by atoms with Gasteiger partial charge in [-0.1, -0.05) is 23.2 Å². The smallest absolute Gasteiger partial charge is 0.159 e. The molecule has 0 heterocycles. The molecule has 5 heteroatoms. The highest BCUT2D eigenvalue weighted by molar-refractivity contribution is 6.43. The average Bonchev–Trinajstić information content (AvgIpc) is 1.35. The molecule has 7 heavy (non-hydrogen) atoms. The van der Waals surface area contributed by atoms with Gasteiger partial charge in [0.05, 0.1) is 6.73 Å². The fourth-order valence-electron chi connectivity index (χ4n) is 0.0690. The van der Waals surface area contributed by atoms with Crippen LogP contribution in [0.2, 0.25) is 0 Å². The minimum Gasteiger partial charge on any atom is -0.381 e. The second-order valence-electron chi connectivity index (χ2n) is 0.663. The second kappa shape index (κ2) is 6.79. The van der Waals surface area contributed by atoms with E-state index in [0.29, 0.717) is 0 Å². The maximum atomic E-state index is 7.96. The Morgan fingerprint density at radius 3 is 2.00 bits per heavy atom. The topological polar surface area (TPSA) is 32.3 Å².